The third kappa shape index (κ3) is 3.18. The first-order valence-electron chi connectivity index (χ1n) is 8.92. The summed E-state index contributed by atoms with van der Waals surface area (Å²) < 4.78 is 4.86. The van der Waals surface area contributed by atoms with Crippen molar-refractivity contribution in [1.82, 2.24) is 20.7 Å². The van der Waals surface area contributed by atoms with Gasteiger partial charge in [-0.25, -0.2) is 0 Å². The van der Waals surface area contributed by atoms with Crippen molar-refractivity contribution in [3.63, 3.8) is 0 Å². The van der Waals surface area contributed by atoms with Crippen molar-refractivity contribution in [3.05, 3.63) is 52.4 Å². The van der Waals surface area contributed by atoms with Crippen molar-refractivity contribution in [3.8, 4) is 0 Å². The molecule has 5 amide bonds. The number of imide groups is 2. The number of carbonyl (C=O) groups excluding carboxylic acids is 5. The molecule has 1 aromatic carbocycles. The van der Waals surface area contributed by atoms with Crippen molar-refractivity contribution < 1.29 is 28.5 Å². The molecule has 1 saturated heterocycles. The fourth-order valence-electron chi connectivity index (χ4n) is 3.47. The predicted molar refractivity (Wildman–Crippen MR) is 95.5 cm³/mol. The van der Waals surface area contributed by atoms with E-state index in [0.29, 0.717) is 11.3 Å². The lowest BCUT2D eigenvalue weighted by molar-refractivity contribution is -0.136. The molecule has 2 aliphatic rings. The summed E-state index contributed by atoms with van der Waals surface area (Å²) >= 11 is 0. The quantitative estimate of drug-likeness (QED) is 0.709. The van der Waals surface area contributed by atoms with E-state index in [4.69, 9.17) is 4.52 Å². The normalized spacial score (nSPS) is 18.7. The number of benzene rings is 1. The Morgan fingerprint density at radius 1 is 1.28 bits per heavy atom. The fraction of sp³-hybridized carbons (Fsp3) is 0.263. The zero-order valence-corrected chi connectivity index (χ0v) is 15.4. The fourth-order valence-corrected chi connectivity index (χ4v) is 3.47. The second kappa shape index (κ2) is 6.97. The highest BCUT2D eigenvalue weighted by Crippen LogP contribution is 2.29. The Labute approximate surface area is 164 Å². The molecule has 4 rings (SSSR count). The van der Waals surface area contributed by atoms with Crippen LogP contribution in [0.25, 0.3) is 0 Å². The minimum Gasteiger partial charge on any atom is -0.361 e. The Bertz CT molecular complexity index is 1070. The van der Waals surface area contributed by atoms with Gasteiger partial charge in [0.05, 0.1) is 11.1 Å². The number of piperidine rings is 1. The van der Waals surface area contributed by atoms with Crippen LogP contribution in [0.3, 0.4) is 0 Å². The first kappa shape index (κ1) is 18.5. The van der Waals surface area contributed by atoms with Crippen LogP contribution < -0.4 is 10.6 Å². The Morgan fingerprint density at radius 2 is 2.07 bits per heavy atom. The molecule has 0 bridgehead atoms. The molecule has 2 N–H and O–H groups in total. The van der Waals surface area contributed by atoms with Gasteiger partial charge in [-0.15, -0.1) is 0 Å². The average Bonchev–Trinajstić information content (AvgIpc) is 3.23. The van der Waals surface area contributed by atoms with Crippen molar-refractivity contribution in [2.24, 2.45) is 0 Å². The van der Waals surface area contributed by atoms with Gasteiger partial charge in [-0.2, -0.15) is 0 Å². The molecule has 1 fully saturated rings. The number of nitrogens with one attached hydrogen (secondary N) is 2. The molecular formula is C19H16N4O6. The molecule has 1 unspecified atom stereocenters. The maximum Gasteiger partial charge on any atom is 0.273 e. The Kier molecular flexibility index (Phi) is 4.45. The molecule has 0 radical (unpaired) electrons. The van der Waals surface area contributed by atoms with Gasteiger partial charge in [0.15, 0.2) is 5.69 Å². The molecule has 1 atom stereocenters. The van der Waals surface area contributed by atoms with Gasteiger partial charge in [-0.3, -0.25) is 34.2 Å². The second-order valence-corrected chi connectivity index (χ2v) is 6.79. The van der Waals surface area contributed by atoms with Crippen LogP contribution in [0, 0.1) is 6.92 Å². The van der Waals surface area contributed by atoms with Gasteiger partial charge in [-0.05, 0) is 25.0 Å². The summed E-state index contributed by atoms with van der Waals surface area (Å²) in [5, 5.41) is 8.41. The van der Waals surface area contributed by atoms with E-state index in [9.17, 15) is 24.0 Å². The van der Waals surface area contributed by atoms with Crippen LogP contribution >= 0.6 is 0 Å². The standard InChI is InChI=1S/C19H16N4O6/c1-9-7-12(22-29-9)16(25)20-8-10-3-2-4-11-15(10)19(28)23(18(11)27)13-5-6-14(24)21-17(13)26/h2-4,7,13H,5-6,8H2,1H3,(H,20,25)(H,21,24,26). The average molecular weight is 396 g/mol. The number of fused-ring (bicyclic) bond motifs is 1. The molecule has 2 aromatic rings. The first-order valence-corrected chi connectivity index (χ1v) is 8.92. The number of hydrogen-bond acceptors (Lipinski definition) is 7. The lowest BCUT2D eigenvalue weighted by Crippen LogP contribution is -2.54. The van der Waals surface area contributed by atoms with Gasteiger partial charge in [0.1, 0.15) is 11.8 Å². The molecule has 1 aromatic heterocycles. The Hall–Kier alpha value is -3.82. The van der Waals surface area contributed by atoms with Crippen LogP contribution in [0.5, 0.6) is 0 Å². The minimum atomic E-state index is -1.04. The monoisotopic (exact) mass is 396 g/mol. The van der Waals surface area contributed by atoms with Crippen molar-refractivity contribution in [2.45, 2.75) is 32.4 Å². The largest absolute Gasteiger partial charge is 0.361 e. The molecule has 3 heterocycles. The van der Waals surface area contributed by atoms with Crippen LogP contribution in [-0.4, -0.2) is 45.6 Å². The van der Waals surface area contributed by atoms with Crippen LogP contribution in [0.1, 0.15) is 55.4 Å². The molecule has 0 spiro atoms. The highest BCUT2D eigenvalue weighted by Gasteiger charge is 2.45. The van der Waals surface area contributed by atoms with Gasteiger partial charge < -0.3 is 9.84 Å². The third-order valence-corrected chi connectivity index (χ3v) is 4.85. The van der Waals surface area contributed by atoms with Crippen LogP contribution in [0.4, 0.5) is 0 Å². The summed E-state index contributed by atoms with van der Waals surface area (Å²) in [5.74, 6) is -2.34. The number of amides is 5. The Morgan fingerprint density at radius 3 is 2.76 bits per heavy atom. The van der Waals surface area contributed by atoms with Gasteiger partial charge in [0.25, 0.3) is 17.7 Å². The van der Waals surface area contributed by atoms with Gasteiger partial charge in [0, 0.05) is 19.0 Å². The van der Waals surface area contributed by atoms with E-state index >= 15 is 0 Å². The van der Waals surface area contributed by atoms with E-state index in [1.54, 1.807) is 19.1 Å². The number of aromatic nitrogens is 1. The van der Waals surface area contributed by atoms with Crippen LogP contribution in [0.15, 0.2) is 28.8 Å². The van der Waals surface area contributed by atoms with E-state index in [-0.39, 0.29) is 36.2 Å². The zero-order valence-electron chi connectivity index (χ0n) is 15.4. The lowest BCUT2D eigenvalue weighted by Gasteiger charge is -2.27. The molecule has 2 aliphatic heterocycles. The van der Waals surface area contributed by atoms with Crippen molar-refractivity contribution >= 4 is 29.5 Å². The predicted octanol–water partition coefficient (Wildman–Crippen LogP) is 0.314. The number of rotatable bonds is 4. The van der Waals surface area contributed by atoms with E-state index in [1.165, 1.54) is 12.1 Å². The van der Waals surface area contributed by atoms with Gasteiger partial charge in [0.2, 0.25) is 11.8 Å². The number of hydrogen-bond donors (Lipinski definition) is 2. The number of nitrogens with zero attached hydrogens (tertiary/aromatic N) is 2. The van der Waals surface area contributed by atoms with Gasteiger partial charge >= 0.3 is 0 Å². The topological polar surface area (TPSA) is 139 Å². The minimum absolute atomic E-state index is 0.0177. The highest BCUT2D eigenvalue weighted by molar-refractivity contribution is 6.24. The molecule has 148 valence electrons. The SMILES string of the molecule is Cc1cc(C(=O)NCc2cccc3c2C(=O)N(C2CCC(=O)NC2=O)C3=O)no1. The van der Waals surface area contributed by atoms with Crippen LogP contribution in [-0.2, 0) is 16.1 Å². The van der Waals surface area contributed by atoms with E-state index in [1.807, 2.05) is 0 Å². The molecule has 29 heavy (non-hydrogen) atoms. The summed E-state index contributed by atoms with van der Waals surface area (Å²) in [6.07, 6.45) is 0.123. The second-order valence-electron chi connectivity index (χ2n) is 6.79. The zero-order chi connectivity index (χ0) is 20.7. The van der Waals surface area contributed by atoms with Crippen molar-refractivity contribution in [2.75, 3.05) is 0 Å². The summed E-state index contributed by atoms with van der Waals surface area (Å²) in [6, 6.07) is 5.14. The summed E-state index contributed by atoms with van der Waals surface area (Å²) in [5.41, 5.74) is 0.828. The summed E-state index contributed by atoms with van der Waals surface area (Å²) in [7, 11) is 0. The van der Waals surface area contributed by atoms with Crippen LogP contribution in [0.2, 0.25) is 0 Å². The lowest BCUT2D eigenvalue weighted by atomic mass is 10.0. The third-order valence-electron chi connectivity index (χ3n) is 4.85. The van der Waals surface area contributed by atoms with E-state index in [0.717, 1.165) is 4.90 Å². The first-order chi connectivity index (χ1) is 13.9. The Balaban J connectivity index is 1.57. The highest BCUT2D eigenvalue weighted by atomic mass is 16.5. The number of aryl methyl sites for hydroxylation is 1. The van der Waals surface area contributed by atoms with E-state index < -0.39 is 35.6 Å². The van der Waals surface area contributed by atoms with Crippen molar-refractivity contribution in [1.29, 1.82) is 0 Å². The number of carbonyl (C=O) groups is 5. The maximum atomic E-state index is 13.0. The molecule has 10 nitrogen and oxygen atoms in total. The molecular weight excluding hydrogens is 380 g/mol. The maximum absolute atomic E-state index is 13.0. The molecule has 0 aliphatic carbocycles. The van der Waals surface area contributed by atoms with E-state index in [2.05, 4.69) is 15.8 Å². The smallest absolute Gasteiger partial charge is 0.273 e. The van der Waals surface area contributed by atoms with Gasteiger partial charge in [-0.1, -0.05) is 17.3 Å². The molecule has 0 saturated carbocycles. The summed E-state index contributed by atoms with van der Waals surface area (Å²) in [4.78, 5) is 62.3. The summed E-state index contributed by atoms with van der Waals surface area (Å²) in [6.45, 7) is 1.64. The molecule has 10 heteroatoms.